The van der Waals surface area contributed by atoms with E-state index in [2.05, 4.69) is 32.6 Å². The van der Waals surface area contributed by atoms with Crippen LogP contribution in [-0.2, 0) is 13.0 Å². The number of nitrogen functional groups attached to an aromatic ring is 1. The maximum absolute atomic E-state index is 5.40. The van der Waals surface area contributed by atoms with Gasteiger partial charge in [-0.2, -0.15) is 0 Å². The molecular formula is C11H16N6S. The highest BCUT2D eigenvalue weighted by Gasteiger charge is 2.04. The molecule has 0 fully saturated rings. The number of thiazole rings is 1. The number of aryl methyl sites for hydroxylation is 1. The van der Waals surface area contributed by atoms with Gasteiger partial charge in [-0.3, -0.25) is 0 Å². The highest BCUT2D eigenvalue weighted by atomic mass is 32.1. The van der Waals surface area contributed by atoms with Gasteiger partial charge in [-0.05, 0) is 6.42 Å². The molecule has 0 atom stereocenters. The van der Waals surface area contributed by atoms with Crippen LogP contribution in [0.1, 0.15) is 24.9 Å². The van der Waals surface area contributed by atoms with Crippen molar-refractivity contribution in [2.24, 2.45) is 5.84 Å². The van der Waals surface area contributed by atoms with Crippen LogP contribution < -0.4 is 16.6 Å². The normalized spacial score (nSPS) is 10.3. The zero-order chi connectivity index (χ0) is 12.8. The number of anilines is 2. The smallest absolute Gasteiger partial charge is 0.145 e. The minimum Gasteiger partial charge on any atom is -0.364 e. The van der Waals surface area contributed by atoms with Gasteiger partial charge >= 0.3 is 0 Å². The van der Waals surface area contributed by atoms with Gasteiger partial charge in [-0.1, -0.05) is 6.92 Å². The van der Waals surface area contributed by atoms with Crippen molar-refractivity contribution < 1.29 is 0 Å². The molecule has 2 aromatic rings. The fraction of sp³-hybridized carbons (Fsp3) is 0.364. The van der Waals surface area contributed by atoms with E-state index >= 15 is 0 Å². The third kappa shape index (κ3) is 3.38. The molecule has 0 amide bonds. The number of nitrogens with two attached hydrogens (primary N) is 1. The van der Waals surface area contributed by atoms with E-state index < -0.39 is 0 Å². The van der Waals surface area contributed by atoms with Gasteiger partial charge in [-0.15, -0.1) is 11.3 Å². The first-order valence-corrected chi connectivity index (χ1v) is 6.71. The molecule has 0 saturated heterocycles. The van der Waals surface area contributed by atoms with Gasteiger partial charge in [0.15, 0.2) is 0 Å². The van der Waals surface area contributed by atoms with Crippen molar-refractivity contribution in [1.82, 2.24) is 15.0 Å². The molecule has 4 N–H and O–H groups in total. The lowest BCUT2D eigenvalue weighted by atomic mass is 10.3. The summed E-state index contributed by atoms with van der Waals surface area (Å²) in [5.41, 5.74) is 5.36. The Kier molecular flexibility index (Phi) is 4.43. The van der Waals surface area contributed by atoms with Crippen molar-refractivity contribution in [2.75, 3.05) is 10.7 Å². The molecule has 7 heteroatoms. The molecule has 0 radical (unpaired) electrons. The first kappa shape index (κ1) is 12.7. The van der Waals surface area contributed by atoms with Crippen LogP contribution >= 0.6 is 11.3 Å². The van der Waals surface area contributed by atoms with Gasteiger partial charge in [0.05, 0.1) is 17.7 Å². The maximum Gasteiger partial charge on any atom is 0.145 e. The lowest BCUT2D eigenvalue weighted by Gasteiger charge is -2.08. The lowest BCUT2D eigenvalue weighted by Crippen LogP contribution is -2.12. The Labute approximate surface area is 110 Å². The SMILES string of the molecule is CCCc1nc(NN)cc(NCc2cscn2)n1. The predicted octanol–water partition coefficient (Wildman–Crippen LogP) is 1.78. The third-order valence-electron chi connectivity index (χ3n) is 2.33. The molecule has 0 aliphatic carbocycles. The van der Waals surface area contributed by atoms with Crippen molar-refractivity contribution >= 4 is 23.0 Å². The van der Waals surface area contributed by atoms with E-state index in [9.17, 15) is 0 Å². The molecule has 0 aromatic carbocycles. The topological polar surface area (TPSA) is 88.8 Å². The van der Waals surface area contributed by atoms with Crippen LogP contribution in [0.2, 0.25) is 0 Å². The van der Waals surface area contributed by atoms with E-state index in [0.717, 1.165) is 30.2 Å². The fourth-order valence-corrected chi connectivity index (χ4v) is 2.06. The van der Waals surface area contributed by atoms with Crippen LogP contribution in [0.3, 0.4) is 0 Å². The van der Waals surface area contributed by atoms with E-state index in [4.69, 9.17) is 5.84 Å². The summed E-state index contributed by atoms with van der Waals surface area (Å²) in [6.07, 6.45) is 1.83. The summed E-state index contributed by atoms with van der Waals surface area (Å²) in [7, 11) is 0. The highest BCUT2D eigenvalue weighted by molar-refractivity contribution is 7.07. The van der Waals surface area contributed by atoms with E-state index in [1.165, 1.54) is 0 Å². The summed E-state index contributed by atoms with van der Waals surface area (Å²) in [5.74, 6) is 7.56. The van der Waals surface area contributed by atoms with Gasteiger partial charge in [0.2, 0.25) is 0 Å². The van der Waals surface area contributed by atoms with Gasteiger partial charge in [0.25, 0.3) is 0 Å². The number of aromatic nitrogens is 3. The van der Waals surface area contributed by atoms with Gasteiger partial charge < -0.3 is 10.7 Å². The Balaban J connectivity index is 2.08. The Hall–Kier alpha value is -1.73. The van der Waals surface area contributed by atoms with Gasteiger partial charge in [-0.25, -0.2) is 20.8 Å². The Morgan fingerprint density at radius 3 is 2.83 bits per heavy atom. The quantitative estimate of drug-likeness (QED) is 0.544. The fourth-order valence-electron chi connectivity index (χ4n) is 1.50. The number of rotatable bonds is 6. The lowest BCUT2D eigenvalue weighted by molar-refractivity contribution is 0.833. The van der Waals surface area contributed by atoms with Crippen LogP contribution in [0.5, 0.6) is 0 Å². The van der Waals surface area contributed by atoms with Crippen molar-refractivity contribution in [3.63, 3.8) is 0 Å². The molecule has 2 rings (SSSR count). The third-order valence-corrected chi connectivity index (χ3v) is 2.96. The molecule has 6 nitrogen and oxygen atoms in total. The van der Waals surface area contributed by atoms with Crippen LogP contribution in [0.15, 0.2) is 17.0 Å². The predicted molar refractivity (Wildman–Crippen MR) is 73.3 cm³/mol. The summed E-state index contributed by atoms with van der Waals surface area (Å²) in [4.78, 5) is 12.9. The number of hydrogen-bond donors (Lipinski definition) is 3. The standard InChI is InChI=1S/C11H16N6S/c1-2-3-9-15-10(4-11(16-9)17-12)13-5-8-6-18-7-14-8/h4,6-7H,2-3,5,12H2,1H3,(H2,13,15,16,17). The van der Waals surface area contributed by atoms with Crippen molar-refractivity contribution in [3.05, 3.63) is 28.5 Å². The minimum absolute atomic E-state index is 0.620. The average Bonchev–Trinajstić information content (AvgIpc) is 2.89. The second kappa shape index (κ2) is 6.27. The summed E-state index contributed by atoms with van der Waals surface area (Å²) >= 11 is 1.58. The van der Waals surface area contributed by atoms with Gasteiger partial charge in [0, 0.05) is 17.9 Å². The van der Waals surface area contributed by atoms with Gasteiger partial charge in [0.1, 0.15) is 17.5 Å². The summed E-state index contributed by atoms with van der Waals surface area (Å²) < 4.78 is 0. The summed E-state index contributed by atoms with van der Waals surface area (Å²) in [5, 5.41) is 5.22. The average molecular weight is 264 g/mol. The summed E-state index contributed by atoms with van der Waals surface area (Å²) in [6, 6.07) is 1.78. The number of hydrazine groups is 1. The van der Waals surface area contributed by atoms with Crippen molar-refractivity contribution in [2.45, 2.75) is 26.3 Å². The molecule has 0 bridgehead atoms. The Bertz CT molecular complexity index is 484. The number of nitrogens with one attached hydrogen (secondary N) is 2. The molecule has 0 saturated carbocycles. The molecule has 96 valence electrons. The van der Waals surface area contributed by atoms with Crippen LogP contribution in [0.25, 0.3) is 0 Å². The van der Waals surface area contributed by atoms with Crippen molar-refractivity contribution in [1.29, 1.82) is 0 Å². The molecule has 2 heterocycles. The Morgan fingerprint density at radius 2 is 2.17 bits per heavy atom. The molecule has 18 heavy (non-hydrogen) atoms. The molecular weight excluding hydrogens is 248 g/mol. The monoisotopic (exact) mass is 264 g/mol. The number of nitrogens with zero attached hydrogens (tertiary/aromatic N) is 3. The minimum atomic E-state index is 0.620. The van der Waals surface area contributed by atoms with E-state index in [0.29, 0.717) is 12.4 Å². The molecule has 0 spiro atoms. The van der Waals surface area contributed by atoms with E-state index in [-0.39, 0.29) is 0 Å². The Morgan fingerprint density at radius 1 is 1.33 bits per heavy atom. The first-order valence-electron chi connectivity index (χ1n) is 5.77. The highest BCUT2D eigenvalue weighted by Crippen LogP contribution is 2.13. The molecule has 0 unspecified atom stereocenters. The maximum atomic E-state index is 5.40. The summed E-state index contributed by atoms with van der Waals surface area (Å²) in [6.45, 7) is 2.74. The van der Waals surface area contributed by atoms with Crippen LogP contribution in [-0.4, -0.2) is 15.0 Å². The second-order valence-corrected chi connectivity index (χ2v) is 4.50. The zero-order valence-electron chi connectivity index (χ0n) is 10.2. The second-order valence-electron chi connectivity index (χ2n) is 3.78. The zero-order valence-corrected chi connectivity index (χ0v) is 11.0. The van der Waals surface area contributed by atoms with Crippen LogP contribution in [0, 0.1) is 0 Å². The van der Waals surface area contributed by atoms with E-state index in [1.807, 2.05) is 10.9 Å². The molecule has 0 aliphatic rings. The van der Waals surface area contributed by atoms with Crippen LogP contribution in [0.4, 0.5) is 11.6 Å². The molecule has 0 aliphatic heterocycles. The largest absolute Gasteiger partial charge is 0.364 e. The van der Waals surface area contributed by atoms with Crippen molar-refractivity contribution in [3.8, 4) is 0 Å². The molecule has 2 aromatic heterocycles. The first-order chi connectivity index (χ1) is 8.81. The number of hydrogen-bond acceptors (Lipinski definition) is 7. The van der Waals surface area contributed by atoms with E-state index in [1.54, 1.807) is 17.4 Å².